The van der Waals surface area contributed by atoms with Crippen LogP contribution in [0.25, 0.3) is 17.1 Å². The summed E-state index contributed by atoms with van der Waals surface area (Å²) in [5.74, 6) is 2.50. The first-order valence-corrected chi connectivity index (χ1v) is 10.5. The second-order valence-corrected chi connectivity index (χ2v) is 7.93. The van der Waals surface area contributed by atoms with Crippen LogP contribution in [0.4, 0.5) is 0 Å². The molecule has 1 heterocycles. The van der Waals surface area contributed by atoms with Crippen molar-refractivity contribution in [2.75, 3.05) is 7.11 Å². The van der Waals surface area contributed by atoms with Gasteiger partial charge in [0, 0.05) is 17.0 Å². The number of aryl methyl sites for hydroxylation is 2. The lowest BCUT2D eigenvalue weighted by Crippen LogP contribution is -2.00. The molecule has 0 saturated heterocycles. The number of rotatable bonds is 6. The average Bonchev–Trinajstić information content (AvgIpc) is 3.17. The quantitative estimate of drug-likeness (QED) is 0.380. The predicted octanol–water partition coefficient (Wildman–Crippen LogP) is 5.85. The van der Waals surface area contributed by atoms with Crippen LogP contribution in [0.3, 0.4) is 0 Å². The maximum absolute atomic E-state index is 5.34. The van der Waals surface area contributed by atoms with Crippen LogP contribution >= 0.6 is 11.8 Å². The molecule has 0 atom stereocenters. The highest BCUT2D eigenvalue weighted by molar-refractivity contribution is 7.98. The van der Waals surface area contributed by atoms with E-state index in [1.165, 1.54) is 16.7 Å². The van der Waals surface area contributed by atoms with Gasteiger partial charge in [-0.3, -0.25) is 4.57 Å². The Morgan fingerprint density at radius 3 is 2.41 bits per heavy atom. The van der Waals surface area contributed by atoms with E-state index >= 15 is 0 Å². The smallest absolute Gasteiger partial charge is 0.196 e. The van der Waals surface area contributed by atoms with Crippen molar-refractivity contribution >= 4 is 11.8 Å². The van der Waals surface area contributed by atoms with Crippen LogP contribution in [0.5, 0.6) is 5.75 Å². The van der Waals surface area contributed by atoms with Crippen LogP contribution in [0.2, 0.25) is 0 Å². The molecule has 0 radical (unpaired) electrons. The van der Waals surface area contributed by atoms with Crippen LogP contribution < -0.4 is 4.74 Å². The molecule has 146 valence electrons. The molecular weight excluding hydrogens is 378 g/mol. The molecule has 0 N–H and O–H groups in total. The van der Waals surface area contributed by atoms with Gasteiger partial charge >= 0.3 is 0 Å². The zero-order valence-corrected chi connectivity index (χ0v) is 17.6. The van der Waals surface area contributed by atoms with E-state index in [4.69, 9.17) is 4.74 Å². The van der Waals surface area contributed by atoms with Gasteiger partial charge in [0.2, 0.25) is 0 Å². The SMILES string of the molecule is COc1cccc(CSc2nnc(-c3cccc(C)c3)n2-c2ccc(C)cc2)c1. The van der Waals surface area contributed by atoms with Gasteiger partial charge in [-0.25, -0.2) is 0 Å². The molecule has 0 amide bonds. The summed E-state index contributed by atoms with van der Waals surface area (Å²) < 4.78 is 7.48. The molecule has 0 aliphatic carbocycles. The molecule has 0 aliphatic heterocycles. The maximum atomic E-state index is 5.34. The number of methoxy groups -OCH3 is 1. The number of ether oxygens (including phenoxy) is 1. The van der Waals surface area contributed by atoms with E-state index in [1.807, 2.05) is 12.1 Å². The first-order valence-electron chi connectivity index (χ1n) is 9.49. The van der Waals surface area contributed by atoms with Gasteiger partial charge in [-0.1, -0.05) is 65.4 Å². The van der Waals surface area contributed by atoms with E-state index in [0.29, 0.717) is 0 Å². The van der Waals surface area contributed by atoms with Crippen LogP contribution in [0, 0.1) is 13.8 Å². The summed E-state index contributed by atoms with van der Waals surface area (Å²) in [7, 11) is 1.69. The molecule has 0 unspecified atom stereocenters. The van der Waals surface area contributed by atoms with Crippen molar-refractivity contribution in [1.29, 1.82) is 0 Å². The van der Waals surface area contributed by atoms with Crippen molar-refractivity contribution in [3.8, 4) is 22.8 Å². The Kier molecular flexibility index (Phi) is 5.67. The molecule has 4 rings (SSSR count). The van der Waals surface area contributed by atoms with Crippen molar-refractivity contribution in [2.24, 2.45) is 0 Å². The molecule has 1 aromatic heterocycles. The number of nitrogens with zero attached hydrogens (tertiary/aromatic N) is 3. The number of hydrogen-bond donors (Lipinski definition) is 0. The zero-order valence-electron chi connectivity index (χ0n) is 16.8. The van der Waals surface area contributed by atoms with Gasteiger partial charge in [-0.05, 0) is 49.7 Å². The lowest BCUT2D eigenvalue weighted by Gasteiger charge is -2.11. The second-order valence-electron chi connectivity index (χ2n) is 6.99. The van der Waals surface area contributed by atoms with E-state index in [0.717, 1.165) is 33.7 Å². The molecule has 5 heteroatoms. The molecule has 0 aliphatic rings. The maximum Gasteiger partial charge on any atom is 0.196 e. The first-order chi connectivity index (χ1) is 14.1. The zero-order chi connectivity index (χ0) is 20.2. The first kappa shape index (κ1) is 19.3. The summed E-state index contributed by atoms with van der Waals surface area (Å²) in [6.45, 7) is 4.18. The van der Waals surface area contributed by atoms with Gasteiger partial charge in [0.15, 0.2) is 11.0 Å². The highest BCUT2D eigenvalue weighted by atomic mass is 32.2. The van der Waals surface area contributed by atoms with Gasteiger partial charge in [-0.15, -0.1) is 10.2 Å². The van der Waals surface area contributed by atoms with Gasteiger partial charge < -0.3 is 4.74 Å². The Balaban J connectivity index is 1.72. The molecule has 0 spiro atoms. The molecular formula is C24H23N3OS. The summed E-state index contributed by atoms with van der Waals surface area (Å²) in [6, 6.07) is 25.0. The van der Waals surface area contributed by atoms with Crippen molar-refractivity contribution < 1.29 is 4.74 Å². The molecule has 4 aromatic rings. The molecule has 29 heavy (non-hydrogen) atoms. The minimum atomic E-state index is 0.787. The third-order valence-electron chi connectivity index (χ3n) is 4.70. The van der Waals surface area contributed by atoms with Gasteiger partial charge in [0.1, 0.15) is 5.75 Å². The Morgan fingerprint density at radius 1 is 0.862 bits per heavy atom. The minimum Gasteiger partial charge on any atom is -0.497 e. The molecule has 4 nitrogen and oxygen atoms in total. The normalized spacial score (nSPS) is 10.9. The summed E-state index contributed by atoms with van der Waals surface area (Å²) in [6.07, 6.45) is 0. The highest BCUT2D eigenvalue weighted by Crippen LogP contribution is 2.30. The molecule has 0 saturated carbocycles. The fraction of sp³-hybridized carbons (Fsp3) is 0.167. The summed E-state index contributed by atoms with van der Waals surface area (Å²) >= 11 is 1.67. The number of hydrogen-bond acceptors (Lipinski definition) is 4. The minimum absolute atomic E-state index is 0.787. The molecule has 3 aromatic carbocycles. The standard InChI is InChI=1S/C24H23N3OS/c1-17-10-12-21(13-11-17)27-23(20-8-4-6-18(2)14-20)25-26-24(27)29-16-19-7-5-9-22(15-19)28-3/h4-15H,16H2,1-3H3. The fourth-order valence-electron chi connectivity index (χ4n) is 3.17. The molecule has 0 fully saturated rings. The lowest BCUT2D eigenvalue weighted by molar-refractivity contribution is 0.414. The Labute approximate surface area is 175 Å². The summed E-state index contributed by atoms with van der Waals surface area (Å²) in [4.78, 5) is 0. The van der Waals surface area contributed by atoms with Crippen LogP contribution in [-0.4, -0.2) is 21.9 Å². The van der Waals surface area contributed by atoms with Crippen LogP contribution in [-0.2, 0) is 5.75 Å². The lowest BCUT2D eigenvalue weighted by atomic mass is 10.1. The Morgan fingerprint density at radius 2 is 1.66 bits per heavy atom. The average molecular weight is 402 g/mol. The number of benzene rings is 3. The molecule has 0 bridgehead atoms. The van der Waals surface area contributed by atoms with E-state index in [9.17, 15) is 0 Å². The fourth-order valence-corrected chi connectivity index (χ4v) is 4.07. The van der Waals surface area contributed by atoms with Crippen LogP contribution in [0.1, 0.15) is 16.7 Å². The Hall–Kier alpha value is -3.05. The van der Waals surface area contributed by atoms with E-state index in [2.05, 4.69) is 89.3 Å². The largest absolute Gasteiger partial charge is 0.497 e. The predicted molar refractivity (Wildman–Crippen MR) is 119 cm³/mol. The summed E-state index contributed by atoms with van der Waals surface area (Å²) in [5, 5.41) is 9.93. The topological polar surface area (TPSA) is 39.9 Å². The number of aromatic nitrogens is 3. The van der Waals surface area contributed by atoms with Crippen LogP contribution in [0.15, 0.2) is 78.0 Å². The van der Waals surface area contributed by atoms with Gasteiger partial charge in [0.05, 0.1) is 7.11 Å². The highest BCUT2D eigenvalue weighted by Gasteiger charge is 2.16. The third-order valence-corrected chi connectivity index (χ3v) is 5.70. The van der Waals surface area contributed by atoms with Gasteiger partial charge in [-0.2, -0.15) is 0 Å². The monoisotopic (exact) mass is 401 g/mol. The van der Waals surface area contributed by atoms with E-state index in [1.54, 1.807) is 18.9 Å². The number of thioether (sulfide) groups is 1. The Bertz CT molecular complexity index is 1120. The summed E-state index contributed by atoms with van der Waals surface area (Å²) in [5.41, 5.74) is 5.73. The van der Waals surface area contributed by atoms with Gasteiger partial charge in [0.25, 0.3) is 0 Å². The van der Waals surface area contributed by atoms with Crippen molar-refractivity contribution in [3.63, 3.8) is 0 Å². The van der Waals surface area contributed by atoms with E-state index < -0.39 is 0 Å². The van der Waals surface area contributed by atoms with Crippen molar-refractivity contribution in [2.45, 2.75) is 24.8 Å². The van der Waals surface area contributed by atoms with Crippen molar-refractivity contribution in [1.82, 2.24) is 14.8 Å². The van der Waals surface area contributed by atoms with Crippen molar-refractivity contribution in [3.05, 3.63) is 89.5 Å². The second kappa shape index (κ2) is 8.53. The van der Waals surface area contributed by atoms with E-state index in [-0.39, 0.29) is 0 Å². The third kappa shape index (κ3) is 4.35.